The topological polar surface area (TPSA) is 62.5 Å². The van der Waals surface area contributed by atoms with Crippen LogP contribution in [-0.4, -0.2) is 24.2 Å². The molecule has 0 spiro atoms. The first-order valence-corrected chi connectivity index (χ1v) is 5.61. The third-order valence-electron chi connectivity index (χ3n) is 2.67. The summed E-state index contributed by atoms with van der Waals surface area (Å²) in [6.07, 6.45) is 0.547. The maximum atomic E-state index is 11.8. The van der Waals surface area contributed by atoms with Crippen molar-refractivity contribution < 1.29 is 14.3 Å². The van der Waals surface area contributed by atoms with Crippen molar-refractivity contribution in [1.29, 1.82) is 0 Å². The van der Waals surface area contributed by atoms with Crippen LogP contribution in [0.2, 0.25) is 0 Å². The first-order valence-electron chi connectivity index (χ1n) is 5.61. The van der Waals surface area contributed by atoms with Crippen LogP contribution < -0.4 is 5.32 Å². The van der Waals surface area contributed by atoms with Crippen LogP contribution in [0.5, 0.6) is 0 Å². The predicted octanol–water partition coefficient (Wildman–Crippen LogP) is 1.85. The van der Waals surface area contributed by atoms with E-state index in [4.69, 9.17) is 9.52 Å². The molecule has 1 aromatic carbocycles. The molecule has 0 atom stereocenters. The van der Waals surface area contributed by atoms with E-state index in [-0.39, 0.29) is 12.5 Å². The molecule has 0 aliphatic heterocycles. The third kappa shape index (κ3) is 2.31. The van der Waals surface area contributed by atoms with E-state index in [1.807, 2.05) is 31.2 Å². The van der Waals surface area contributed by atoms with Crippen molar-refractivity contribution in [2.24, 2.45) is 0 Å². The summed E-state index contributed by atoms with van der Waals surface area (Å²) in [5, 5.41) is 12.3. The van der Waals surface area contributed by atoms with Crippen LogP contribution in [0.15, 0.2) is 28.7 Å². The quantitative estimate of drug-likeness (QED) is 0.792. The second kappa shape index (κ2) is 5.01. The zero-order chi connectivity index (χ0) is 12.3. The van der Waals surface area contributed by atoms with Gasteiger partial charge in [-0.3, -0.25) is 4.79 Å². The summed E-state index contributed by atoms with van der Waals surface area (Å²) in [5.74, 6) is 0.122. The predicted molar refractivity (Wildman–Crippen MR) is 65.0 cm³/mol. The average Bonchev–Trinajstić information content (AvgIpc) is 2.68. The van der Waals surface area contributed by atoms with Gasteiger partial charge in [-0.15, -0.1) is 0 Å². The minimum Gasteiger partial charge on any atom is -0.451 e. The lowest BCUT2D eigenvalue weighted by atomic mass is 10.1. The molecular formula is C13H15NO3. The van der Waals surface area contributed by atoms with Crippen molar-refractivity contribution in [1.82, 2.24) is 5.32 Å². The number of amides is 1. The highest BCUT2D eigenvalue weighted by Crippen LogP contribution is 2.24. The molecule has 0 fully saturated rings. The first kappa shape index (κ1) is 11.7. The Balaban J connectivity index is 2.23. The van der Waals surface area contributed by atoms with Crippen molar-refractivity contribution in [3.63, 3.8) is 0 Å². The number of rotatable bonds is 4. The van der Waals surface area contributed by atoms with Crippen LogP contribution in [0.3, 0.4) is 0 Å². The number of furan rings is 1. The van der Waals surface area contributed by atoms with E-state index < -0.39 is 0 Å². The Morgan fingerprint density at radius 1 is 1.41 bits per heavy atom. The highest BCUT2D eigenvalue weighted by Gasteiger charge is 2.16. The molecule has 90 valence electrons. The fraction of sp³-hybridized carbons (Fsp3) is 0.308. The number of nitrogens with one attached hydrogen (secondary N) is 1. The Morgan fingerprint density at radius 2 is 2.18 bits per heavy atom. The smallest absolute Gasteiger partial charge is 0.287 e. The molecular weight excluding hydrogens is 218 g/mol. The number of aryl methyl sites for hydroxylation is 1. The van der Waals surface area contributed by atoms with E-state index in [0.29, 0.717) is 18.7 Å². The number of aliphatic hydroxyl groups is 1. The summed E-state index contributed by atoms with van der Waals surface area (Å²) >= 11 is 0. The summed E-state index contributed by atoms with van der Waals surface area (Å²) in [5.41, 5.74) is 1.57. The number of fused-ring (bicyclic) bond motifs is 1. The molecule has 0 unspecified atom stereocenters. The SMILES string of the molecule is Cc1c(C(=O)NCCCO)oc2ccccc12. The second-order valence-electron chi connectivity index (χ2n) is 3.89. The van der Waals surface area contributed by atoms with Crippen molar-refractivity contribution >= 4 is 16.9 Å². The molecule has 0 saturated carbocycles. The molecule has 2 aromatic rings. The summed E-state index contributed by atoms with van der Waals surface area (Å²) in [7, 11) is 0. The molecule has 0 saturated heterocycles. The Hall–Kier alpha value is -1.81. The highest BCUT2D eigenvalue weighted by atomic mass is 16.3. The van der Waals surface area contributed by atoms with Crippen LogP contribution in [0.4, 0.5) is 0 Å². The molecule has 4 nitrogen and oxygen atoms in total. The summed E-state index contributed by atoms with van der Waals surface area (Å²) in [6, 6.07) is 7.56. The molecule has 17 heavy (non-hydrogen) atoms. The van der Waals surface area contributed by atoms with Gasteiger partial charge in [-0.05, 0) is 19.4 Å². The zero-order valence-electron chi connectivity index (χ0n) is 9.69. The van der Waals surface area contributed by atoms with Crippen LogP contribution >= 0.6 is 0 Å². The van der Waals surface area contributed by atoms with Crippen molar-refractivity contribution in [2.45, 2.75) is 13.3 Å². The first-order chi connectivity index (χ1) is 8.24. The zero-order valence-corrected chi connectivity index (χ0v) is 9.69. The minimum absolute atomic E-state index is 0.0688. The number of carbonyl (C=O) groups is 1. The van der Waals surface area contributed by atoms with Gasteiger partial charge in [0.15, 0.2) is 5.76 Å². The van der Waals surface area contributed by atoms with Crippen molar-refractivity contribution in [3.05, 3.63) is 35.6 Å². The maximum absolute atomic E-state index is 11.8. The molecule has 0 aliphatic carbocycles. The molecule has 1 amide bonds. The van der Waals surface area contributed by atoms with Gasteiger partial charge in [0.1, 0.15) is 5.58 Å². The van der Waals surface area contributed by atoms with Gasteiger partial charge in [-0.1, -0.05) is 18.2 Å². The molecule has 1 heterocycles. The number of benzene rings is 1. The van der Waals surface area contributed by atoms with Crippen LogP contribution in [0, 0.1) is 6.92 Å². The average molecular weight is 233 g/mol. The minimum atomic E-state index is -0.229. The van der Waals surface area contributed by atoms with Gasteiger partial charge in [-0.2, -0.15) is 0 Å². The number of hydrogen-bond acceptors (Lipinski definition) is 3. The Morgan fingerprint density at radius 3 is 2.88 bits per heavy atom. The molecule has 4 heteroatoms. The Labute approximate surface area is 99.2 Å². The molecule has 2 rings (SSSR count). The standard InChI is InChI=1S/C13H15NO3/c1-9-10-5-2-3-6-11(10)17-12(9)13(16)14-7-4-8-15/h2-3,5-6,15H,4,7-8H2,1H3,(H,14,16). The monoisotopic (exact) mass is 233 g/mol. The summed E-state index contributed by atoms with van der Waals surface area (Å²) in [6.45, 7) is 2.39. The lowest BCUT2D eigenvalue weighted by Crippen LogP contribution is -2.25. The third-order valence-corrected chi connectivity index (χ3v) is 2.67. The maximum Gasteiger partial charge on any atom is 0.287 e. The molecule has 1 aromatic heterocycles. The molecule has 0 bridgehead atoms. The van der Waals surface area contributed by atoms with Crippen LogP contribution in [0.1, 0.15) is 22.5 Å². The van der Waals surface area contributed by atoms with Gasteiger partial charge in [0, 0.05) is 24.1 Å². The van der Waals surface area contributed by atoms with Gasteiger partial charge in [0.2, 0.25) is 0 Å². The van der Waals surface area contributed by atoms with E-state index in [9.17, 15) is 4.79 Å². The number of carbonyl (C=O) groups excluding carboxylic acids is 1. The van der Waals surface area contributed by atoms with Gasteiger partial charge in [-0.25, -0.2) is 0 Å². The van der Waals surface area contributed by atoms with Gasteiger partial charge < -0.3 is 14.8 Å². The highest BCUT2D eigenvalue weighted by molar-refractivity contribution is 5.98. The molecule has 0 radical (unpaired) electrons. The number of aliphatic hydroxyl groups excluding tert-OH is 1. The van der Waals surface area contributed by atoms with Gasteiger partial charge in [0.25, 0.3) is 5.91 Å². The van der Waals surface area contributed by atoms with Crippen LogP contribution in [0.25, 0.3) is 11.0 Å². The van der Waals surface area contributed by atoms with E-state index in [1.165, 1.54) is 0 Å². The number of para-hydroxylation sites is 1. The summed E-state index contributed by atoms with van der Waals surface area (Å²) in [4.78, 5) is 11.8. The normalized spacial score (nSPS) is 10.7. The largest absolute Gasteiger partial charge is 0.451 e. The van der Waals surface area contributed by atoms with Crippen molar-refractivity contribution in [3.8, 4) is 0 Å². The summed E-state index contributed by atoms with van der Waals surface area (Å²) < 4.78 is 5.52. The Bertz CT molecular complexity index is 530. The second-order valence-corrected chi connectivity index (χ2v) is 3.89. The van der Waals surface area contributed by atoms with Crippen molar-refractivity contribution in [2.75, 3.05) is 13.2 Å². The number of hydrogen-bond donors (Lipinski definition) is 2. The van der Waals surface area contributed by atoms with E-state index in [1.54, 1.807) is 0 Å². The van der Waals surface area contributed by atoms with E-state index >= 15 is 0 Å². The fourth-order valence-electron chi connectivity index (χ4n) is 1.75. The van der Waals surface area contributed by atoms with Gasteiger partial charge >= 0.3 is 0 Å². The van der Waals surface area contributed by atoms with E-state index in [0.717, 1.165) is 16.5 Å². The fourth-order valence-corrected chi connectivity index (χ4v) is 1.75. The molecule has 0 aliphatic rings. The van der Waals surface area contributed by atoms with Crippen LogP contribution in [-0.2, 0) is 0 Å². The molecule has 2 N–H and O–H groups in total. The lowest BCUT2D eigenvalue weighted by Gasteiger charge is -2.01. The van der Waals surface area contributed by atoms with Gasteiger partial charge in [0.05, 0.1) is 0 Å². The Kier molecular flexibility index (Phi) is 3.44. The van der Waals surface area contributed by atoms with E-state index in [2.05, 4.69) is 5.32 Å². The lowest BCUT2D eigenvalue weighted by molar-refractivity contribution is 0.0925.